The van der Waals surface area contributed by atoms with Gasteiger partial charge in [0.25, 0.3) is 0 Å². The summed E-state index contributed by atoms with van der Waals surface area (Å²) in [5.74, 6) is 0. The molecule has 1 aliphatic rings. The first-order valence-corrected chi connectivity index (χ1v) is 8.10. The van der Waals surface area contributed by atoms with Gasteiger partial charge in [0.2, 0.25) is 0 Å². The van der Waals surface area contributed by atoms with E-state index in [2.05, 4.69) is 66.2 Å². The molecule has 1 nitrogen and oxygen atoms in total. The Hall–Kier alpha value is -1.64. The molecule has 4 rings (SSSR count). The minimum absolute atomic E-state index is 0.109. The van der Waals surface area contributed by atoms with Crippen molar-refractivity contribution in [2.24, 2.45) is 0 Å². The van der Waals surface area contributed by atoms with E-state index in [0.717, 1.165) is 5.02 Å². The number of nitrogens with zero attached hydrogens (tertiary/aromatic N) is 1. The quantitative estimate of drug-likeness (QED) is 0.574. The van der Waals surface area contributed by atoms with Crippen molar-refractivity contribution in [2.75, 3.05) is 0 Å². The zero-order valence-electron chi connectivity index (χ0n) is 11.6. The Bertz CT molecular complexity index is 806. The average molecular weight is 312 g/mol. The molecule has 21 heavy (non-hydrogen) atoms. The third kappa shape index (κ3) is 1.94. The number of aromatic nitrogens is 1. The molecule has 3 heteroatoms. The maximum atomic E-state index is 6.04. The fourth-order valence-corrected chi connectivity index (χ4v) is 4.48. The fraction of sp³-hybridized carbons (Fsp3) is 0.111. The molecule has 0 amide bonds. The Labute approximate surface area is 133 Å². The molecular weight excluding hydrogens is 298 g/mol. The Morgan fingerprint density at radius 1 is 0.952 bits per heavy atom. The second kappa shape index (κ2) is 4.69. The second-order valence-electron chi connectivity index (χ2n) is 5.37. The topological polar surface area (TPSA) is 4.93 Å². The summed E-state index contributed by atoms with van der Waals surface area (Å²) >= 11 is 7.95. The molecule has 0 spiro atoms. The molecule has 1 unspecified atom stereocenters. The number of hydrogen-bond acceptors (Lipinski definition) is 1. The van der Waals surface area contributed by atoms with Crippen molar-refractivity contribution in [1.82, 2.24) is 4.57 Å². The summed E-state index contributed by atoms with van der Waals surface area (Å²) in [7, 11) is 0. The molecule has 2 heterocycles. The maximum Gasteiger partial charge on any atom is 0.0831 e. The lowest BCUT2D eigenvalue weighted by molar-refractivity contribution is 0.744. The van der Waals surface area contributed by atoms with Gasteiger partial charge in [0.1, 0.15) is 0 Å². The van der Waals surface area contributed by atoms with Gasteiger partial charge in [-0.3, -0.25) is 0 Å². The molecule has 0 N–H and O–H groups in total. The first-order chi connectivity index (χ1) is 10.2. The normalized spacial score (nSPS) is 19.9. The molecule has 0 radical (unpaired) electrons. The average Bonchev–Trinajstić information content (AvgIpc) is 2.99. The van der Waals surface area contributed by atoms with Gasteiger partial charge >= 0.3 is 0 Å². The predicted octanol–water partition coefficient (Wildman–Crippen LogP) is 5.50. The lowest BCUT2D eigenvalue weighted by Gasteiger charge is -2.36. The van der Waals surface area contributed by atoms with Gasteiger partial charge < -0.3 is 4.57 Å². The molecule has 1 atom stereocenters. The van der Waals surface area contributed by atoms with Crippen molar-refractivity contribution >= 4 is 23.4 Å². The highest BCUT2D eigenvalue weighted by molar-refractivity contribution is 8.00. The summed E-state index contributed by atoms with van der Waals surface area (Å²) < 4.78 is 2.18. The summed E-state index contributed by atoms with van der Waals surface area (Å²) in [4.78, 5) is 1.30. The SMILES string of the molecule is CC1(c2ccc(Cl)cc2)Sc2ccccc2-n2cccc21. The Kier molecular flexibility index (Phi) is 2.91. The zero-order chi connectivity index (χ0) is 14.4. The van der Waals surface area contributed by atoms with Crippen LogP contribution in [0.25, 0.3) is 5.69 Å². The van der Waals surface area contributed by atoms with Crippen molar-refractivity contribution in [3.05, 3.63) is 83.1 Å². The molecule has 0 aliphatic carbocycles. The van der Waals surface area contributed by atoms with Crippen LogP contribution in [-0.2, 0) is 4.75 Å². The van der Waals surface area contributed by atoms with Gasteiger partial charge in [0.05, 0.1) is 10.4 Å². The van der Waals surface area contributed by atoms with Crippen LogP contribution in [0.2, 0.25) is 5.02 Å². The fourth-order valence-electron chi connectivity index (χ4n) is 2.97. The molecule has 1 aromatic heterocycles. The lowest BCUT2D eigenvalue weighted by Crippen LogP contribution is -2.26. The third-order valence-electron chi connectivity index (χ3n) is 4.07. The van der Waals surface area contributed by atoms with E-state index in [0.29, 0.717) is 0 Å². The summed E-state index contributed by atoms with van der Waals surface area (Å²) in [6.45, 7) is 2.28. The number of halogens is 1. The predicted molar refractivity (Wildman–Crippen MR) is 89.5 cm³/mol. The first-order valence-electron chi connectivity index (χ1n) is 6.91. The molecule has 0 bridgehead atoms. The van der Waals surface area contributed by atoms with Crippen LogP contribution in [0.3, 0.4) is 0 Å². The molecule has 104 valence electrons. The number of fused-ring (bicyclic) bond motifs is 3. The molecule has 3 aromatic rings. The van der Waals surface area contributed by atoms with Crippen LogP contribution >= 0.6 is 23.4 Å². The lowest BCUT2D eigenvalue weighted by atomic mass is 9.96. The molecule has 2 aromatic carbocycles. The Morgan fingerprint density at radius 3 is 2.52 bits per heavy atom. The second-order valence-corrected chi connectivity index (χ2v) is 7.27. The smallest absolute Gasteiger partial charge is 0.0831 e. The van der Waals surface area contributed by atoms with Gasteiger partial charge in [0.15, 0.2) is 0 Å². The van der Waals surface area contributed by atoms with Crippen molar-refractivity contribution < 1.29 is 0 Å². The van der Waals surface area contributed by atoms with E-state index in [4.69, 9.17) is 11.6 Å². The van der Waals surface area contributed by atoms with Crippen LogP contribution in [0.5, 0.6) is 0 Å². The van der Waals surface area contributed by atoms with Crippen LogP contribution in [0.15, 0.2) is 71.8 Å². The van der Waals surface area contributed by atoms with Crippen molar-refractivity contribution in [1.29, 1.82) is 0 Å². The minimum Gasteiger partial charge on any atom is -0.318 e. The van der Waals surface area contributed by atoms with Gasteiger partial charge in [0, 0.05) is 21.8 Å². The van der Waals surface area contributed by atoms with Gasteiger partial charge in [-0.2, -0.15) is 0 Å². The van der Waals surface area contributed by atoms with Crippen LogP contribution in [0, 0.1) is 0 Å². The minimum atomic E-state index is -0.109. The van der Waals surface area contributed by atoms with Gasteiger partial charge in [-0.15, -0.1) is 11.8 Å². The van der Waals surface area contributed by atoms with E-state index in [-0.39, 0.29) is 4.75 Å². The summed E-state index contributed by atoms with van der Waals surface area (Å²) in [5, 5.41) is 0.777. The molecule has 0 saturated heterocycles. The number of benzene rings is 2. The zero-order valence-corrected chi connectivity index (χ0v) is 13.2. The van der Waals surface area contributed by atoms with Crippen LogP contribution in [0.4, 0.5) is 0 Å². The van der Waals surface area contributed by atoms with Crippen LogP contribution < -0.4 is 0 Å². The maximum absolute atomic E-state index is 6.04. The van der Waals surface area contributed by atoms with E-state index < -0.39 is 0 Å². The van der Waals surface area contributed by atoms with E-state index in [1.165, 1.54) is 21.8 Å². The van der Waals surface area contributed by atoms with Crippen molar-refractivity contribution in [3.63, 3.8) is 0 Å². The standard InChI is InChI=1S/C18H14ClNS/c1-18(13-8-10-14(19)11-9-13)17-7-4-12-20(17)15-5-2-3-6-16(15)21-18/h2-12H,1H3. The Morgan fingerprint density at radius 2 is 1.71 bits per heavy atom. The molecule has 0 saturated carbocycles. The summed E-state index contributed by atoms with van der Waals surface area (Å²) in [6, 6.07) is 21.1. The largest absolute Gasteiger partial charge is 0.318 e. The van der Waals surface area contributed by atoms with Crippen molar-refractivity contribution in [2.45, 2.75) is 16.6 Å². The number of rotatable bonds is 1. The van der Waals surface area contributed by atoms with Crippen molar-refractivity contribution in [3.8, 4) is 5.69 Å². The van der Waals surface area contributed by atoms with Gasteiger partial charge in [-0.25, -0.2) is 0 Å². The summed E-state index contributed by atoms with van der Waals surface area (Å²) in [5.41, 5.74) is 3.83. The van der Waals surface area contributed by atoms with E-state index in [1.54, 1.807) is 0 Å². The third-order valence-corrected chi connectivity index (χ3v) is 5.74. The number of thioether (sulfide) groups is 1. The highest BCUT2D eigenvalue weighted by atomic mass is 35.5. The van der Waals surface area contributed by atoms with Gasteiger partial charge in [-0.05, 0) is 48.9 Å². The first kappa shape index (κ1) is 13.1. The van der Waals surface area contributed by atoms with Crippen LogP contribution in [0.1, 0.15) is 18.2 Å². The summed E-state index contributed by atoms with van der Waals surface area (Å²) in [6.07, 6.45) is 2.14. The van der Waals surface area contributed by atoms with E-state index >= 15 is 0 Å². The highest BCUT2D eigenvalue weighted by Gasteiger charge is 2.37. The monoisotopic (exact) mass is 311 g/mol. The van der Waals surface area contributed by atoms with E-state index in [9.17, 15) is 0 Å². The highest BCUT2D eigenvalue weighted by Crippen LogP contribution is 2.52. The molecule has 0 fully saturated rings. The Balaban J connectivity index is 1.94. The number of hydrogen-bond donors (Lipinski definition) is 0. The molecular formula is C18H14ClNS. The number of para-hydroxylation sites is 1. The van der Waals surface area contributed by atoms with Crippen LogP contribution in [-0.4, -0.2) is 4.57 Å². The van der Waals surface area contributed by atoms with E-state index in [1.807, 2.05) is 23.9 Å². The van der Waals surface area contributed by atoms with Gasteiger partial charge in [-0.1, -0.05) is 35.9 Å². The molecule has 1 aliphatic heterocycles.